The number of nitrogens with one attached hydrogen (secondary N) is 1. The Hall–Kier alpha value is -1.88. The summed E-state index contributed by atoms with van der Waals surface area (Å²) in [5.74, 6) is 1.86. The minimum atomic E-state index is 0.678. The third-order valence-electron chi connectivity index (χ3n) is 3.35. The van der Waals surface area contributed by atoms with E-state index >= 15 is 0 Å². The van der Waals surface area contributed by atoms with Gasteiger partial charge in [-0.1, -0.05) is 6.07 Å². The predicted molar refractivity (Wildman–Crippen MR) is 68.0 cm³/mol. The van der Waals surface area contributed by atoms with Gasteiger partial charge in [0.15, 0.2) is 5.82 Å². The number of aryl methyl sites for hydroxylation is 1. The van der Waals surface area contributed by atoms with Gasteiger partial charge in [-0.05, 0) is 30.2 Å². The third-order valence-corrected chi connectivity index (χ3v) is 3.35. The summed E-state index contributed by atoms with van der Waals surface area (Å²) < 4.78 is 7.39. The Bertz CT molecular complexity index is 576. The van der Waals surface area contributed by atoms with Crippen LogP contribution in [0.1, 0.15) is 22.8 Å². The fourth-order valence-corrected chi connectivity index (χ4v) is 2.07. The molecule has 0 amide bonds. The molecule has 0 saturated carbocycles. The number of hydrogen-bond donors (Lipinski definition) is 1. The first-order valence-electron chi connectivity index (χ1n) is 6.02. The summed E-state index contributed by atoms with van der Waals surface area (Å²) in [6.45, 7) is 4.08. The van der Waals surface area contributed by atoms with E-state index < -0.39 is 0 Å². The van der Waals surface area contributed by atoms with E-state index in [9.17, 15) is 0 Å². The molecule has 2 aromatic rings. The highest BCUT2D eigenvalue weighted by molar-refractivity contribution is 5.49. The number of nitrogens with zero attached hydrogens (tertiary/aromatic N) is 3. The summed E-state index contributed by atoms with van der Waals surface area (Å²) >= 11 is 0. The van der Waals surface area contributed by atoms with E-state index in [1.54, 1.807) is 0 Å². The smallest absolute Gasteiger partial charge is 0.152 e. The lowest BCUT2D eigenvalue weighted by Gasteiger charge is -2.07. The van der Waals surface area contributed by atoms with Crippen LogP contribution >= 0.6 is 0 Å². The molecule has 1 aromatic carbocycles. The molecule has 1 N–H and O–H groups in total. The molecule has 1 aromatic heterocycles. The number of rotatable bonds is 3. The number of ether oxygens (including phenoxy) is 1. The molecule has 1 aliphatic heterocycles. The molecule has 3 rings (SSSR count). The van der Waals surface area contributed by atoms with E-state index in [1.165, 1.54) is 11.1 Å². The molecule has 0 spiro atoms. The largest absolute Gasteiger partial charge is 0.378 e. The second-order valence-electron chi connectivity index (χ2n) is 4.55. The standard InChI is InChI=1S/C13H16N4O/c1-9-15-16-13(17(9)2)6-14-12-4-3-10-7-18-8-11(10)5-12/h3-5,14H,6-8H2,1-2H3. The average Bonchev–Trinajstić information content (AvgIpc) is 2.96. The molecule has 0 atom stereocenters. The second-order valence-corrected chi connectivity index (χ2v) is 4.55. The van der Waals surface area contributed by atoms with Gasteiger partial charge in [0.2, 0.25) is 0 Å². The monoisotopic (exact) mass is 244 g/mol. The Morgan fingerprint density at radius 3 is 2.89 bits per heavy atom. The van der Waals surface area contributed by atoms with Crippen molar-refractivity contribution in [1.82, 2.24) is 14.8 Å². The molecular weight excluding hydrogens is 228 g/mol. The summed E-state index contributed by atoms with van der Waals surface area (Å²) in [4.78, 5) is 0. The van der Waals surface area contributed by atoms with Gasteiger partial charge in [0.05, 0.1) is 19.8 Å². The highest BCUT2D eigenvalue weighted by atomic mass is 16.5. The molecule has 0 saturated heterocycles. The molecule has 5 nitrogen and oxygen atoms in total. The maximum atomic E-state index is 5.40. The summed E-state index contributed by atoms with van der Waals surface area (Å²) in [6, 6.07) is 6.34. The van der Waals surface area contributed by atoms with Gasteiger partial charge in [-0.3, -0.25) is 0 Å². The van der Waals surface area contributed by atoms with Crippen molar-refractivity contribution in [1.29, 1.82) is 0 Å². The Kier molecular flexibility index (Phi) is 2.76. The molecule has 18 heavy (non-hydrogen) atoms. The molecule has 2 heterocycles. The van der Waals surface area contributed by atoms with Gasteiger partial charge in [-0.25, -0.2) is 0 Å². The molecular formula is C13H16N4O. The van der Waals surface area contributed by atoms with Crippen LogP contribution in [0.5, 0.6) is 0 Å². The summed E-state index contributed by atoms with van der Waals surface area (Å²) in [5, 5.41) is 11.5. The highest BCUT2D eigenvalue weighted by Crippen LogP contribution is 2.23. The van der Waals surface area contributed by atoms with E-state index in [4.69, 9.17) is 4.74 Å². The van der Waals surface area contributed by atoms with Crippen molar-refractivity contribution < 1.29 is 4.74 Å². The van der Waals surface area contributed by atoms with E-state index in [2.05, 4.69) is 33.7 Å². The lowest BCUT2D eigenvalue weighted by molar-refractivity contribution is 0.134. The number of benzene rings is 1. The lowest BCUT2D eigenvalue weighted by Crippen LogP contribution is -2.06. The van der Waals surface area contributed by atoms with Crippen LogP contribution in [-0.4, -0.2) is 14.8 Å². The molecule has 0 radical (unpaired) electrons. The van der Waals surface area contributed by atoms with Gasteiger partial charge in [-0.2, -0.15) is 0 Å². The van der Waals surface area contributed by atoms with Crippen LogP contribution in [0.3, 0.4) is 0 Å². The van der Waals surface area contributed by atoms with Crippen LogP contribution < -0.4 is 5.32 Å². The van der Waals surface area contributed by atoms with Crippen molar-refractivity contribution in [3.63, 3.8) is 0 Å². The Balaban J connectivity index is 1.72. The van der Waals surface area contributed by atoms with Crippen LogP contribution in [0.4, 0.5) is 5.69 Å². The fourth-order valence-electron chi connectivity index (χ4n) is 2.07. The second kappa shape index (κ2) is 4.42. The van der Waals surface area contributed by atoms with Gasteiger partial charge in [-0.15, -0.1) is 10.2 Å². The predicted octanol–water partition coefficient (Wildman–Crippen LogP) is 1.77. The van der Waals surface area contributed by atoms with Crippen LogP contribution in [-0.2, 0) is 31.5 Å². The van der Waals surface area contributed by atoms with Gasteiger partial charge in [0.1, 0.15) is 5.82 Å². The van der Waals surface area contributed by atoms with Gasteiger partial charge in [0.25, 0.3) is 0 Å². The third kappa shape index (κ3) is 1.97. The normalized spacial score (nSPS) is 13.7. The van der Waals surface area contributed by atoms with Gasteiger partial charge in [0, 0.05) is 12.7 Å². The number of anilines is 1. The van der Waals surface area contributed by atoms with E-state index in [1.807, 2.05) is 18.5 Å². The zero-order valence-corrected chi connectivity index (χ0v) is 10.6. The Labute approximate surface area is 106 Å². The van der Waals surface area contributed by atoms with Crippen LogP contribution in [0.2, 0.25) is 0 Å². The van der Waals surface area contributed by atoms with Crippen molar-refractivity contribution >= 4 is 5.69 Å². The first-order chi connectivity index (χ1) is 8.74. The maximum Gasteiger partial charge on any atom is 0.152 e. The van der Waals surface area contributed by atoms with Crippen LogP contribution in [0.25, 0.3) is 0 Å². The van der Waals surface area contributed by atoms with Gasteiger partial charge >= 0.3 is 0 Å². The van der Waals surface area contributed by atoms with Gasteiger partial charge < -0.3 is 14.6 Å². The first-order valence-corrected chi connectivity index (χ1v) is 6.02. The number of fused-ring (bicyclic) bond motifs is 1. The van der Waals surface area contributed by atoms with Crippen molar-refractivity contribution in [3.8, 4) is 0 Å². The maximum absolute atomic E-state index is 5.40. The Morgan fingerprint density at radius 1 is 1.28 bits per heavy atom. The van der Waals surface area contributed by atoms with E-state index in [-0.39, 0.29) is 0 Å². The highest BCUT2D eigenvalue weighted by Gasteiger charge is 2.11. The molecule has 0 bridgehead atoms. The summed E-state index contributed by atoms with van der Waals surface area (Å²) in [6.07, 6.45) is 0. The van der Waals surface area contributed by atoms with E-state index in [0.717, 1.165) is 23.9 Å². The first kappa shape index (κ1) is 11.2. The quantitative estimate of drug-likeness (QED) is 0.894. The summed E-state index contributed by atoms with van der Waals surface area (Å²) in [5.41, 5.74) is 3.66. The number of aromatic nitrogens is 3. The van der Waals surface area contributed by atoms with Crippen LogP contribution in [0, 0.1) is 6.92 Å². The molecule has 0 unspecified atom stereocenters. The van der Waals surface area contributed by atoms with E-state index in [0.29, 0.717) is 13.2 Å². The number of hydrogen-bond acceptors (Lipinski definition) is 4. The van der Waals surface area contributed by atoms with Crippen LogP contribution in [0.15, 0.2) is 18.2 Å². The minimum Gasteiger partial charge on any atom is -0.378 e. The minimum absolute atomic E-state index is 0.678. The van der Waals surface area contributed by atoms with Crippen molar-refractivity contribution in [2.45, 2.75) is 26.7 Å². The Morgan fingerprint density at radius 2 is 2.11 bits per heavy atom. The topological polar surface area (TPSA) is 52.0 Å². The zero-order chi connectivity index (χ0) is 12.5. The molecule has 1 aliphatic rings. The molecule has 94 valence electrons. The summed E-state index contributed by atoms with van der Waals surface area (Å²) in [7, 11) is 1.98. The SMILES string of the molecule is Cc1nnc(CNc2ccc3c(c2)COC3)n1C. The van der Waals surface area contributed by atoms with Crippen molar-refractivity contribution in [3.05, 3.63) is 41.0 Å². The molecule has 0 fully saturated rings. The molecule has 5 heteroatoms. The van der Waals surface area contributed by atoms with Crippen molar-refractivity contribution in [2.75, 3.05) is 5.32 Å². The molecule has 0 aliphatic carbocycles. The fraction of sp³-hybridized carbons (Fsp3) is 0.385. The van der Waals surface area contributed by atoms with Crippen molar-refractivity contribution in [2.24, 2.45) is 7.05 Å². The zero-order valence-electron chi connectivity index (χ0n) is 10.6. The lowest BCUT2D eigenvalue weighted by atomic mass is 10.1. The average molecular weight is 244 g/mol.